The summed E-state index contributed by atoms with van der Waals surface area (Å²) in [5.41, 5.74) is 1.35. The van der Waals surface area contributed by atoms with Gasteiger partial charge in [-0.25, -0.2) is 4.79 Å². The summed E-state index contributed by atoms with van der Waals surface area (Å²) in [6, 6.07) is 4.53. The van der Waals surface area contributed by atoms with Crippen LogP contribution in [0.1, 0.15) is 22.8 Å². The Labute approximate surface area is 103 Å². The van der Waals surface area contributed by atoms with Crippen molar-refractivity contribution >= 4 is 22.9 Å². The van der Waals surface area contributed by atoms with Gasteiger partial charge in [0.15, 0.2) is 0 Å². The number of benzene rings is 1. The predicted octanol–water partition coefficient (Wildman–Crippen LogP) is 2.24. The molecule has 1 aromatic carbocycles. The van der Waals surface area contributed by atoms with Crippen LogP contribution < -0.4 is 0 Å². The number of furan rings is 1. The number of carbonyl (C=O) groups is 2. The van der Waals surface area contributed by atoms with Gasteiger partial charge in [-0.1, -0.05) is 0 Å². The van der Waals surface area contributed by atoms with Crippen LogP contribution >= 0.6 is 0 Å². The molecule has 0 saturated carbocycles. The third kappa shape index (κ3) is 2.34. The summed E-state index contributed by atoms with van der Waals surface area (Å²) >= 11 is 0. The molecule has 2 aromatic rings. The Morgan fingerprint density at radius 3 is 2.83 bits per heavy atom. The number of carboxylic acid groups (broad SMARTS) is 1. The van der Waals surface area contributed by atoms with E-state index in [-0.39, 0.29) is 18.0 Å². The van der Waals surface area contributed by atoms with Crippen LogP contribution in [0.25, 0.3) is 11.0 Å². The normalized spacial score (nSPS) is 10.5. The van der Waals surface area contributed by atoms with Gasteiger partial charge in [-0.3, -0.25) is 4.79 Å². The summed E-state index contributed by atoms with van der Waals surface area (Å²) in [6.45, 7) is 2.04. The highest BCUT2D eigenvalue weighted by molar-refractivity contribution is 5.94. The molecule has 1 aromatic heterocycles. The highest BCUT2D eigenvalue weighted by Gasteiger charge is 2.13. The fourth-order valence-electron chi connectivity index (χ4n) is 1.72. The average Bonchev–Trinajstić information content (AvgIpc) is 2.72. The van der Waals surface area contributed by atoms with Crippen LogP contribution in [0.2, 0.25) is 0 Å². The largest absolute Gasteiger partial charge is 0.478 e. The third-order valence-corrected chi connectivity index (χ3v) is 2.54. The maximum absolute atomic E-state index is 11.4. The highest BCUT2D eigenvalue weighted by atomic mass is 16.5. The van der Waals surface area contributed by atoms with Crippen molar-refractivity contribution in [3.05, 3.63) is 35.6 Å². The minimum Gasteiger partial charge on any atom is -0.478 e. The zero-order valence-corrected chi connectivity index (χ0v) is 9.80. The number of ether oxygens (including phenoxy) is 1. The first-order valence-electron chi connectivity index (χ1n) is 5.51. The standard InChI is InChI=1S/C13H12O5/c1-2-17-12(14)6-9-7-18-11-4-3-8(13(15)16)5-10(9)11/h3-5,7H,2,6H2,1H3,(H,15,16). The highest BCUT2D eigenvalue weighted by Crippen LogP contribution is 2.23. The molecular weight excluding hydrogens is 236 g/mol. The number of hydrogen-bond donors (Lipinski definition) is 1. The first-order valence-corrected chi connectivity index (χ1v) is 5.51. The smallest absolute Gasteiger partial charge is 0.335 e. The zero-order valence-electron chi connectivity index (χ0n) is 9.80. The van der Waals surface area contributed by atoms with Gasteiger partial charge in [0.25, 0.3) is 0 Å². The van der Waals surface area contributed by atoms with Gasteiger partial charge in [-0.2, -0.15) is 0 Å². The van der Waals surface area contributed by atoms with E-state index in [0.717, 1.165) is 0 Å². The van der Waals surface area contributed by atoms with E-state index >= 15 is 0 Å². The van der Waals surface area contributed by atoms with E-state index in [1.165, 1.54) is 18.4 Å². The van der Waals surface area contributed by atoms with Crippen molar-refractivity contribution in [2.75, 3.05) is 6.61 Å². The summed E-state index contributed by atoms with van der Waals surface area (Å²) in [7, 11) is 0. The third-order valence-electron chi connectivity index (χ3n) is 2.54. The number of carbonyl (C=O) groups excluding carboxylic acids is 1. The molecule has 0 radical (unpaired) electrons. The average molecular weight is 248 g/mol. The lowest BCUT2D eigenvalue weighted by Crippen LogP contribution is -2.07. The first kappa shape index (κ1) is 12.2. The molecule has 0 bridgehead atoms. The Kier molecular flexibility index (Phi) is 3.32. The Balaban J connectivity index is 2.36. The van der Waals surface area contributed by atoms with Gasteiger partial charge in [0, 0.05) is 10.9 Å². The van der Waals surface area contributed by atoms with Crippen LogP contribution in [0.4, 0.5) is 0 Å². The van der Waals surface area contributed by atoms with Gasteiger partial charge in [0.05, 0.1) is 24.9 Å². The second-order valence-corrected chi connectivity index (χ2v) is 3.76. The molecular formula is C13H12O5. The van der Waals surface area contributed by atoms with Crippen LogP contribution in [0, 0.1) is 0 Å². The molecule has 0 aliphatic rings. The molecule has 94 valence electrons. The number of carboxylic acids is 1. The molecule has 0 aliphatic carbocycles. The van der Waals surface area contributed by atoms with Crippen molar-refractivity contribution < 1.29 is 23.8 Å². The Morgan fingerprint density at radius 2 is 2.17 bits per heavy atom. The lowest BCUT2D eigenvalue weighted by molar-refractivity contribution is -0.142. The quantitative estimate of drug-likeness (QED) is 0.839. The molecule has 0 aliphatic heterocycles. The SMILES string of the molecule is CCOC(=O)Cc1coc2ccc(C(=O)O)cc12. The lowest BCUT2D eigenvalue weighted by atomic mass is 10.1. The van der Waals surface area contributed by atoms with Gasteiger partial charge in [-0.05, 0) is 25.1 Å². The van der Waals surface area contributed by atoms with Gasteiger partial charge < -0.3 is 14.3 Å². The van der Waals surface area contributed by atoms with E-state index in [1.807, 2.05) is 0 Å². The number of rotatable bonds is 4. The minimum absolute atomic E-state index is 0.0733. The van der Waals surface area contributed by atoms with E-state index in [4.69, 9.17) is 14.3 Å². The summed E-state index contributed by atoms with van der Waals surface area (Å²) in [6.07, 6.45) is 1.52. The molecule has 0 amide bonds. The Hall–Kier alpha value is -2.30. The maximum Gasteiger partial charge on any atom is 0.335 e. The number of hydrogen-bond acceptors (Lipinski definition) is 4. The van der Waals surface area contributed by atoms with Gasteiger partial charge >= 0.3 is 11.9 Å². The van der Waals surface area contributed by atoms with E-state index in [9.17, 15) is 9.59 Å². The number of aromatic carboxylic acids is 1. The van der Waals surface area contributed by atoms with Crippen molar-refractivity contribution in [2.24, 2.45) is 0 Å². The molecule has 1 N–H and O–H groups in total. The molecule has 5 heteroatoms. The Morgan fingerprint density at radius 1 is 1.39 bits per heavy atom. The monoisotopic (exact) mass is 248 g/mol. The fraction of sp³-hybridized carbons (Fsp3) is 0.231. The van der Waals surface area contributed by atoms with Gasteiger partial charge in [-0.15, -0.1) is 0 Å². The Bertz CT molecular complexity index is 596. The number of fused-ring (bicyclic) bond motifs is 1. The summed E-state index contributed by atoms with van der Waals surface area (Å²) in [4.78, 5) is 22.3. The molecule has 2 rings (SSSR count). The van der Waals surface area contributed by atoms with Crippen LogP contribution in [0.5, 0.6) is 0 Å². The topological polar surface area (TPSA) is 76.7 Å². The fourth-order valence-corrected chi connectivity index (χ4v) is 1.72. The molecule has 18 heavy (non-hydrogen) atoms. The first-order chi connectivity index (χ1) is 8.61. The minimum atomic E-state index is -1.01. The summed E-state index contributed by atoms with van der Waals surface area (Å²) in [5, 5.41) is 9.54. The summed E-state index contributed by atoms with van der Waals surface area (Å²) in [5.74, 6) is -1.37. The zero-order chi connectivity index (χ0) is 13.1. The molecule has 5 nitrogen and oxygen atoms in total. The van der Waals surface area contributed by atoms with E-state index in [2.05, 4.69) is 0 Å². The van der Waals surface area contributed by atoms with Gasteiger partial charge in [0.1, 0.15) is 5.58 Å². The molecule has 1 heterocycles. The maximum atomic E-state index is 11.4. The van der Waals surface area contributed by atoms with Crippen molar-refractivity contribution in [1.82, 2.24) is 0 Å². The molecule has 0 fully saturated rings. The molecule has 0 unspecified atom stereocenters. The molecule has 0 saturated heterocycles. The second kappa shape index (κ2) is 4.91. The van der Waals surface area contributed by atoms with Crippen molar-refractivity contribution in [3.8, 4) is 0 Å². The van der Waals surface area contributed by atoms with Crippen LogP contribution in [-0.2, 0) is 16.0 Å². The van der Waals surface area contributed by atoms with Crippen molar-refractivity contribution in [3.63, 3.8) is 0 Å². The second-order valence-electron chi connectivity index (χ2n) is 3.76. The van der Waals surface area contributed by atoms with E-state index in [1.54, 1.807) is 13.0 Å². The van der Waals surface area contributed by atoms with Gasteiger partial charge in [0.2, 0.25) is 0 Å². The molecule has 0 atom stereocenters. The predicted molar refractivity (Wildman–Crippen MR) is 63.5 cm³/mol. The number of esters is 1. The van der Waals surface area contributed by atoms with Crippen LogP contribution in [-0.4, -0.2) is 23.7 Å². The summed E-state index contributed by atoms with van der Waals surface area (Å²) < 4.78 is 10.1. The van der Waals surface area contributed by atoms with Crippen molar-refractivity contribution in [1.29, 1.82) is 0 Å². The molecule has 0 spiro atoms. The lowest BCUT2D eigenvalue weighted by Gasteiger charge is -2.00. The van der Waals surface area contributed by atoms with E-state index in [0.29, 0.717) is 23.1 Å². The van der Waals surface area contributed by atoms with Crippen LogP contribution in [0.3, 0.4) is 0 Å². The van der Waals surface area contributed by atoms with Crippen LogP contribution in [0.15, 0.2) is 28.9 Å². The van der Waals surface area contributed by atoms with E-state index < -0.39 is 5.97 Å². The van der Waals surface area contributed by atoms with Crippen molar-refractivity contribution in [2.45, 2.75) is 13.3 Å².